The lowest BCUT2D eigenvalue weighted by Crippen LogP contribution is -2.42. The van der Waals surface area contributed by atoms with Gasteiger partial charge in [0.05, 0.1) is 26.7 Å². The van der Waals surface area contributed by atoms with Crippen molar-refractivity contribution in [3.8, 4) is 0 Å². The minimum Gasteiger partial charge on any atom is -0.327 e. The first kappa shape index (κ1) is 24.3. The maximum absolute atomic E-state index is 2.29. The van der Waals surface area contributed by atoms with Gasteiger partial charge in [0, 0.05) is 24.3 Å². The molecule has 0 aromatic carbocycles. The molecule has 156 valence electrons. The van der Waals surface area contributed by atoms with E-state index in [4.69, 9.17) is 0 Å². The van der Waals surface area contributed by atoms with Crippen LogP contribution in [0.2, 0.25) is 0 Å². The highest BCUT2D eigenvalue weighted by atomic mass is 15.3. The van der Waals surface area contributed by atoms with Crippen LogP contribution in [-0.2, 0) is 26.9 Å². The number of rotatable bonds is 10. The third-order valence-electron chi connectivity index (χ3n) is 6.07. The average Bonchev–Trinajstić information content (AvgIpc) is 2.73. The molecule has 2 aromatic heterocycles. The van der Waals surface area contributed by atoms with Crippen molar-refractivity contribution in [2.75, 3.05) is 26.7 Å². The third kappa shape index (κ3) is 9.98. The largest absolute Gasteiger partial charge is 0.327 e. The van der Waals surface area contributed by atoms with Gasteiger partial charge in [-0.2, -0.15) is 0 Å². The van der Waals surface area contributed by atoms with Gasteiger partial charge in [-0.3, -0.25) is 0 Å². The van der Waals surface area contributed by atoms with E-state index < -0.39 is 0 Å². The average molecular weight is 387 g/mol. The van der Waals surface area contributed by atoms with E-state index in [9.17, 15) is 0 Å². The second-order valence-electron chi connectivity index (χ2n) is 8.23. The SMILES string of the molecule is CC[N+](C)(CC)CC.C[n+]1ccc(CCCCCCc2cc[n+](C)cc2)cc1. The zero-order chi connectivity index (χ0) is 20.8. The summed E-state index contributed by atoms with van der Waals surface area (Å²) in [5.74, 6) is 0. The molecule has 28 heavy (non-hydrogen) atoms. The second kappa shape index (κ2) is 13.4. The Bertz CT molecular complexity index is 570. The minimum absolute atomic E-state index is 1.21. The van der Waals surface area contributed by atoms with Crippen molar-refractivity contribution < 1.29 is 13.6 Å². The Morgan fingerprint density at radius 1 is 0.607 bits per heavy atom. The monoisotopic (exact) mass is 386 g/mol. The van der Waals surface area contributed by atoms with Crippen LogP contribution in [0.25, 0.3) is 0 Å². The molecule has 0 spiro atoms. The molecule has 0 bridgehead atoms. The summed E-state index contributed by atoms with van der Waals surface area (Å²) in [5, 5.41) is 0. The molecule has 2 aromatic rings. The molecule has 0 aliphatic carbocycles. The maximum Gasteiger partial charge on any atom is 0.168 e. The van der Waals surface area contributed by atoms with E-state index in [1.54, 1.807) is 0 Å². The molecular formula is C25H44N3+3. The topological polar surface area (TPSA) is 7.76 Å². The van der Waals surface area contributed by atoms with E-state index >= 15 is 0 Å². The first-order chi connectivity index (χ1) is 13.4. The van der Waals surface area contributed by atoms with Gasteiger partial charge in [0.25, 0.3) is 0 Å². The van der Waals surface area contributed by atoms with Crippen LogP contribution in [-0.4, -0.2) is 31.2 Å². The van der Waals surface area contributed by atoms with Crippen LogP contribution in [0.3, 0.4) is 0 Å². The summed E-state index contributed by atoms with van der Waals surface area (Å²) in [6.07, 6.45) is 16.2. The molecule has 0 saturated carbocycles. The summed E-state index contributed by atoms with van der Waals surface area (Å²) in [7, 11) is 6.42. The highest BCUT2D eigenvalue weighted by Gasteiger charge is 2.10. The van der Waals surface area contributed by atoms with Gasteiger partial charge in [-0.1, -0.05) is 12.8 Å². The Balaban J connectivity index is 0.000000416. The van der Waals surface area contributed by atoms with Crippen molar-refractivity contribution in [1.82, 2.24) is 0 Å². The predicted molar refractivity (Wildman–Crippen MR) is 119 cm³/mol. The van der Waals surface area contributed by atoms with Gasteiger partial charge in [-0.25, -0.2) is 9.13 Å². The lowest BCUT2D eigenvalue weighted by Gasteiger charge is -2.30. The number of unbranched alkanes of at least 4 members (excludes halogenated alkanes) is 3. The Hall–Kier alpha value is -1.74. The molecule has 0 saturated heterocycles. The van der Waals surface area contributed by atoms with Crippen LogP contribution >= 0.6 is 0 Å². The number of pyridine rings is 2. The maximum atomic E-state index is 2.29. The van der Waals surface area contributed by atoms with Crippen molar-refractivity contribution in [2.45, 2.75) is 59.3 Å². The van der Waals surface area contributed by atoms with E-state index in [1.807, 2.05) is 0 Å². The normalized spacial score (nSPS) is 11.1. The Labute approximate surface area is 174 Å². The lowest BCUT2D eigenvalue weighted by molar-refractivity contribution is -0.904. The fourth-order valence-corrected chi connectivity index (χ4v) is 3.08. The molecule has 0 fully saturated rings. The number of nitrogens with zero attached hydrogens (tertiary/aromatic N) is 3. The van der Waals surface area contributed by atoms with Crippen LogP contribution in [0.15, 0.2) is 49.1 Å². The second-order valence-corrected chi connectivity index (χ2v) is 8.23. The first-order valence-electron chi connectivity index (χ1n) is 11.1. The molecule has 0 unspecified atom stereocenters. The van der Waals surface area contributed by atoms with Gasteiger partial charge < -0.3 is 4.48 Å². The molecule has 0 amide bonds. The Morgan fingerprint density at radius 2 is 0.929 bits per heavy atom. The highest BCUT2D eigenvalue weighted by molar-refractivity contribution is 5.08. The molecule has 2 rings (SSSR count). The fraction of sp³-hybridized carbons (Fsp3) is 0.600. The van der Waals surface area contributed by atoms with Crippen molar-refractivity contribution in [3.63, 3.8) is 0 Å². The van der Waals surface area contributed by atoms with E-state index in [1.165, 1.54) is 73.8 Å². The van der Waals surface area contributed by atoms with Crippen LogP contribution in [0.4, 0.5) is 0 Å². The predicted octanol–water partition coefficient (Wildman–Crippen LogP) is 4.17. The first-order valence-corrected chi connectivity index (χ1v) is 11.1. The van der Waals surface area contributed by atoms with Gasteiger partial charge in [-0.05, 0) is 57.6 Å². The summed E-state index contributed by atoms with van der Waals surface area (Å²) < 4.78 is 5.38. The van der Waals surface area contributed by atoms with Crippen molar-refractivity contribution >= 4 is 0 Å². The van der Waals surface area contributed by atoms with Crippen LogP contribution < -0.4 is 9.13 Å². The lowest BCUT2D eigenvalue weighted by atomic mass is 10.0. The molecule has 3 heteroatoms. The number of hydrogen-bond donors (Lipinski definition) is 0. The Kier molecular flexibility index (Phi) is 11.7. The summed E-state index contributed by atoms with van der Waals surface area (Å²) in [6, 6.07) is 8.90. The highest BCUT2D eigenvalue weighted by Crippen LogP contribution is 2.09. The molecule has 3 nitrogen and oxygen atoms in total. The van der Waals surface area contributed by atoms with E-state index in [0.717, 1.165) is 0 Å². The van der Waals surface area contributed by atoms with Crippen molar-refractivity contribution in [2.24, 2.45) is 14.1 Å². The standard InChI is InChI=1S/C18H26N2.C7H18N/c1-19-13-9-17(10-14-19)7-5-3-4-6-8-18-11-15-20(2)16-12-18;1-5-8(4,6-2)7-3/h9-16H,3-8H2,1-2H3;5-7H2,1-4H3/q+2;+1. The molecular weight excluding hydrogens is 342 g/mol. The number of aromatic nitrogens is 2. The molecule has 0 aliphatic heterocycles. The summed E-state index contributed by atoms with van der Waals surface area (Å²) in [4.78, 5) is 0. The van der Waals surface area contributed by atoms with E-state index in [2.05, 4.69) is 100 Å². The molecule has 0 N–H and O–H groups in total. The molecule has 0 aliphatic rings. The zero-order valence-electron chi connectivity index (χ0n) is 19.3. The molecule has 0 radical (unpaired) electrons. The summed E-state index contributed by atoms with van der Waals surface area (Å²) in [6.45, 7) is 10.5. The van der Waals surface area contributed by atoms with Crippen molar-refractivity contribution in [1.29, 1.82) is 0 Å². The van der Waals surface area contributed by atoms with Gasteiger partial charge >= 0.3 is 0 Å². The third-order valence-corrected chi connectivity index (χ3v) is 6.07. The smallest absolute Gasteiger partial charge is 0.168 e. The fourth-order valence-electron chi connectivity index (χ4n) is 3.08. The number of hydrogen-bond acceptors (Lipinski definition) is 0. The van der Waals surface area contributed by atoms with Crippen LogP contribution in [0.1, 0.15) is 57.6 Å². The van der Waals surface area contributed by atoms with E-state index in [0.29, 0.717) is 0 Å². The number of aryl methyl sites for hydroxylation is 4. The van der Waals surface area contributed by atoms with Gasteiger partial charge in [-0.15, -0.1) is 0 Å². The van der Waals surface area contributed by atoms with Crippen LogP contribution in [0, 0.1) is 0 Å². The van der Waals surface area contributed by atoms with Crippen LogP contribution in [0.5, 0.6) is 0 Å². The van der Waals surface area contributed by atoms with Crippen molar-refractivity contribution in [3.05, 3.63) is 60.2 Å². The summed E-state index contributed by atoms with van der Waals surface area (Å²) in [5.41, 5.74) is 2.91. The van der Waals surface area contributed by atoms with Gasteiger partial charge in [0.1, 0.15) is 14.1 Å². The van der Waals surface area contributed by atoms with Gasteiger partial charge in [0.2, 0.25) is 0 Å². The minimum atomic E-state index is 1.21. The Morgan fingerprint density at radius 3 is 1.18 bits per heavy atom. The summed E-state index contributed by atoms with van der Waals surface area (Å²) >= 11 is 0. The van der Waals surface area contributed by atoms with E-state index in [-0.39, 0.29) is 0 Å². The molecule has 0 atom stereocenters. The van der Waals surface area contributed by atoms with Gasteiger partial charge in [0.15, 0.2) is 24.8 Å². The zero-order valence-corrected chi connectivity index (χ0v) is 19.3. The number of quaternary nitrogens is 1. The quantitative estimate of drug-likeness (QED) is 0.329. The molecule has 2 heterocycles.